The summed E-state index contributed by atoms with van der Waals surface area (Å²) in [5.74, 6) is 3.04. The molecular formula is C21H33N5O3. The first kappa shape index (κ1) is 22.7. The molecule has 0 saturated carbocycles. The van der Waals surface area contributed by atoms with Gasteiger partial charge in [-0.25, -0.2) is 4.99 Å². The van der Waals surface area contributed by atoms with E-state index in [2.05, 4.69) is 44.8 Å². The predicted octanol–water partition coefficient (Wildman–Crippen LogP) is 3.42. The number of aliphatic imine (C=N–C) groups is 1. The molecule has 8 nitrogen and oxygen atoms in total. The molecule has 0 radical (unpaired) electrons. The maximum Gasteiger partial charge on any atom is 0.248 e. The molecule has 1 heterocycles. The molecule has 8 heteroatoms. The maximum absolute atomic E-state index is 5.48. The fraction of sp³-hybridized carbons (Fsp3) is 0.571. The molecular weight excluding hydrogens is 370 g/mol. The molecule has 0 spiro atoms. The summed E-state index contributed by atoms with van der Waals surface area (Å²) in [4.78, 5) is 8.88. The van der Waals surface area contributed by atoms with E-state index in [1.807, 2.05) is 32.9 Å². The highest BCUT2D eigenvalue weighted by Gasteiger charge is 2.13. The van der Waals surface area contributed by atoms with Crippen molar-refractivity contribution in [1.82, 2.24) is 20.8 Å². The van der Waals surface area contributed by atoms with Crippen molar-refractivity contribution in [2.75, 3.05) is 26.8 Å². The molecule has 2 atom stereocenters. The highest BCUT2D eigenvalue weighted by molar-refractivity contribution is 5.79. The lowest BCUT2D eigenvalue weighted by atomic mass is 9.98. The molecule has 0 aliphatic rings. The van der Waals surface area contributed by atoms with Crippen molar-refractivity contribution < 1.29 is 14.0 Å². The lowest BCUT2D eigenvalue weighted by Gasteiger charge is -2.15. The van der Waals surface area contributed by atoms with Crippen molar-refractivity contribution >= 4 is 5.96 Å². The topological polar surface area (TPSA) is 93.8 Å². The van der Waals surface area contributed by atoms with Crippen LogP contribution in [0.4, 0.5) is 0 Å². The predicted molar refractivity (Wildman–Crippen MR) is 113 cm³/mol. The summed E-state index contributed by atoms with van der Waals surface area (Å²) in [6, 6.07) is 8.21. The van der Waals surface area contributed by atoms with Gasteiger partial charge in [0.1, 0.15) is 18.4 Å². The second-order valence-electron chi connectivity index (χ2n) is 6.73. The van der Waals surface area contributed by atoms with Gasteiger partial charge in [0.25, 0.3) is 0 Å². The van der Waals surface area contributed by atoms with Crippen LogP contribution in [0.5, 0.6) is 5.75 Å². The summed E-state index contributed by atoms with van der Waals surface area (Å²) in [6.45, 7) is 10.6. The van der Waals surface area contributed by atoms with Crippen molar-refractivity contribution in [1.29, 1.82) is 0 Å². The van der Waals surface area contributed by atoms with Gasteiger partial charge in [0, 0.05) is 19.7 Å². The number of hydrogen-bond donors (Lipinski definition) is 2. The average molecular weight is 404 g/mol. The van der Waals surface area contributed by atoms with E-state index in [-0.39, 0.29) is 6.10 Å². The number of ether oxygens (including phenoxy) is 2. The van der Waals surface area contributed by atoms with Crippen LogP contribution in [0.2, 0.25) is 0 Å². The van der Waals surface area contributed by atoms with Gasteiger partial charge >= 0.3 is 0 Å². The van der Waals surface area contributed by atoms with E-state index in [0.717, 1.165) is 31.2 Å². The van der Waals surface area contributed by atoms with E-state index in [9.17, 15) is 0 Å². The number of nitrogens with one attached hydrogen (secondary N) is 2. The molecule has 2 N–H and O–H groups in total. The van der Waals surface area contributed by atoms with Crippen LogP contribution in [-0.2, 0) is 11.3 Å². The molecule has 0 fully saturated rings. The SMILES string of the molecule is CCNC(=NCc1nc(C(C)OCC)no1)NCCC(C)c1ccc(OC)cc1. The van der Waals surface area contributed by atoms with Crippen LogP contribution < -0.4 is 15.4 Å². The molecule has 0 aliphatic carbocycles. The number of hydrogen-bond acceptors (Lipinski definition) is 6. The van der Waals surface area contributed by atoms with Gasteiger partial charge in [0.05, 0.1) is 7.11 Å². The molecule has 0 amide bonds. The Morgan fingerprint density at radius 2 is 1.93 bits per heavy atom. The Labute approximate surface area is 173 Å². The fourth-order valence-electron chi connectivity index (χ4n) is 2.82. The standard InChI is InChI=1S/C21H33N5O3/c1-6-22-21(24-14-19-25-20(26-29-19)16(4)28-7-2)23-13-12-15(3)17-8-10-18(27-5)11-9-17/h8-11,15-16H,6-7,12-14H2,1-5H3,(H2,22,23,24). The Morgan fingerprint density at radius 3 is 2.59 bits per heavy atom. The summed E-state index contributed by atoms with van der Waals surface area (Å²) in [6.07, 6.45) is 0.792. The minimum absolute atomic E-state index is 0.188. The lowest BCUT2D eigenvalue weighted by molar-refractivity contribution is 0.0683. The lowest BCUT2D eigenvalue weighted by Crippen LogP contribution is -2.38. The van der Waals surface area contributed by atoms with E-state index >= 15 is 0 Å². The van der Waals surface area contributed by atoms with E-state index in [1.54, 1.807) is 7.11 Å². The number of benzene rings is 1. The highest BCUT2D eigenvalue weighted by Crippen LogP contribution is 2.21. The second kappa shape index (κ2) is 12.1. The monoisotopic (exact) mass is 403 g/mol. The zero-order valence-electron chi connectivity index (χ0n) is 18.1. The van der Waals surface area contributed by atoms with Crippen LogP contribution in [0.15, 0.2) is 33.8 Å². The Bertz CT molecular complexity index is 745. The van der Waals surface area contributed by atoms with Gasteiger partial charge < -0.3 is 24.6 Å². The quantitative estimate of drug-likeness (QED) is 0.438. The minimum atomic E-state index is -0.188. The Morgan fingerprint density at radius 1 is 1.17 bits per heavy atom. The second-order valence-corrected chi connectivity index (χ2v) is 6.73. The molecule has 0 bridgehead atoms. The summed E-state index contributed by atoms with van der Waals surface area (Å²) in [5.41, 5.74) is 1.29. The molecule has 0 aliphatic heterocycles. The minimum Gasteiger partial charge on any atom is -0.497 e. The van der Waals surface area contributed by atoms with Crippen LogP contribution in [0, 0.1) is 0 Å². The number of rotatable bonds is 11. The van der Waals surface area contributed by atoms with E-state index in [4.69, 9.17) is 14.0 Å². The van der Waals surface area contributed by atoms with Crippen molar-refractivity contribution in [2.24, 2.45) is 4.99 Å². The highest BCUT2D eigenvalue weighted by atomic mass is 16.5. The molecule has 2 unspecified atom stereocenters. The van der Waals surface area contributed by atoms with Gasteiger partial charge in [-0.15, -0.1) is 0 Å². The van der Waals surface area contributed by atoms with Crippen LogP contribution in [0.3, 0.4) is 0 Å². The number of guanidine groups is 1. The molecule has 1 aromatic carbocycles. The average Bonchev–Trinajstić information content (AvgIpc) is 3.21. The third kappa shape index (κ3) is 7.38. The Kier molecular flexibility index (Phi) is 9.43. The normalized spacial score (nSPS) is 13.8. The first-order valence-corrected chi connectivity index (χ1v) is 10.2. The molecule has 1 aromatic heterocycles. The largest absolute Gasteiger partial charge is 0.497 e. The van der Waals surface area contributed by atoms with Crippen LogP contribution in [0.1, 0.15) is 63.4 Å². The first-order chi connectivity index (χ1) is 14.1. The van der Waals surface area contributed by atoms with E-state index in [1.165, 1.54) is 5.56 Å². The van der Waals surface area contributed by atoms with Crippen LogP contribution >= 0.6 is 0 Å². The Balaban J connectivity index is 1.85. The molecule has 0 saturated heterocycles. The number of methoxy groups -OCH3 is 1. The summed E-state index contributed by atoms with van der Waals surface area (Å²) in [7, 11) is 1.68. The number of aromatic nitrogens is 2. The smallest absolute Gasteiger partial charge is 0.248 e. The molecule has 29 heavy (non-hydrogen) atoms. The Hall–Kier alpha value is -2.61. The van der Waals surface area contributed by atoms with Gasteiger partial charge in [-0.3, -0.25) is 0 Å². The van der Waals surface area contributed by atoms with Gasteiger partial charge in [0.15, 0.2) is 11.8 Å². The van der Waals surface area contributed by atoms with Crippen LogP contribution in [-0.4, -0.2) is 42.9 Å². The zero-order valence-corrected chi connectivity index (χ0v) is 18.1. The van der Waals surface area contributed by atoms with Gasteiger partial charge in [-0.2, -0.15) is 4.98 Å². The first-order valence-electron chi connectivity index (χ1n) is 10.2. The number of nitrogens with zero attached hydrogens (tertiary/aromatic N) is 3. The van der Waals surface area contributed by atoms with Gasteiger partial charge in [-0.05, 0) is 50.8 Å². The van der Waals surface area contributed by atoms with E-state index < -0.39 is 0 Å². The van der Waals surface area contributed by atoms with Crippen molar-refractivity contribution in [3.05, 3.63) is 41.5 Å². The van der Waals surface area contributed by atoms with Crippen molar-refractivity contribution in [3.8, 4) is 5.75 Å². The van der Waals surface area contributed by atoms with Crippen molar-refractivity contribution in [3.63, 3.8) is 0 Å². The summed E-state index contributed by atoms with van der Waals surface area (Å²) >= 11 is 0. The summed E-state index contributed by atoms with van der Waals surface area (Å²) in [5, 5.41) is 10.6. The molecule has 2 rings (SSSR count). The van der Waals surface area contributed by atoms with Crippen LogP contribution in [0.25, 0.3) is 0 Å². The zero-order chi connectivity index (χ0) is 21.1. The third-order valence-electron chi connectivity index (χ3n) is 4.54. The van der Waals surface area contributed by atoms with Gasteiger partial charge in [-0.1, -0.05) is 24.2 Å². The molecule has 2 aromatic rings. The maximum atomic E-state index is 5.48. The van der Waals surface area contributed by atoms with E-state index in [0.29, 0.717) is 30.8 Å². The fourth-order valence-corrected chi connectivity index (χ4v) is 2.82. The summed E-state index contributed by atoms with van der Waals surface area (Å²) < 4.78 is 16.0. The third-order valence-corrected chi connectivity index (χ3v) is 4.54. The molecule has 160 valence electrons. The van der Waals surface area contributed by atoms with Crippen molar-refractivity contribution in [2.45, 2.75) is 52.7 Å². The van der Waals surface area contributed by atoms with Gasteiger partial charge in [0.2, 0.25) is 5.89 Å².